The van der Waals surface area contributed by atoms with E-state index in [9.17, 15) is 0 Å². The zero-order valence-corrected chi connectivity index (χ0v) is 11.2. The number of nitrogens with two attached hydrogens (primary N) is 1. The number of ether oxygens (including phenoxy) is 1. The summed E-state index contributed by atoms with van der Waals surface area (Å²) in [6.07, 6.45) is 0.933. The number of nitrogen functional groups attached to an aromatic ring is 1. The maximum absolute atomic E-state index is 5.99. The maximum atomic E-state index is 5.99. The number of para-hydroxylation sites is 2. The van der Waals surface area contributed by atoms with Crippen LogP contribution in [0.25, 0.3) is 0 Å². The van der Waals surface area contributed by atoms with E-state index in [1.807, 2.05) is 55.5 Å². The molecule has 0 spiro atoms. The van der Waals surface area contributed by atoms with Gasteiger partial charge in [-0.05, 0) is 37.1 Å². The summed E-state index contributed by atoms with van der Waals surface area (Å²) in [6, 6.07) is 15.9. The Morgan fingerprint density at radius 2 is 1.84 bits per heavy atom. The van der Waals surface area contributed by atoms with Gasteiger partial charge in [0.1, 0.15) is 5.75 Å². The quantitative estimate of drug-likeness (QED) is 0.614. The number of anilines is 2. The highest BCUT2D eigenvalue weighted by Gasteiger charge is 2.00. The summed E-state index contributed by atoms with van der Waals surface area (Å²) in [4.78, 5) is 0. The van der Waals surface area contributed by atoms with Crippen LogP contribution < -0.4 is 15.8 Å². The summed E-state index contributed by atoms with van der Waals surface area (Å²) in [5.41, 5.74) is 8.92. The zero-order chi connectivity index (χ0) is 13.5. The lowest BCUT2D eigenvalue weighted by Gasteiger charge is -2.11. The molecule has 0 saturated heterocycles. The number of nitrogens with one attached hydrogen (secondary N) is 1. The standard InChI is InChI=1S/C16H20N2O/c1-13-7-5-10-15(16(13)17)18-11-6-12-19-14-8-3-2-4-9-14/h2-5,7-10,18H,6,11-12,17H2,1H3. The second-order valence-electron chi connectivity index (χ2n) is 4.48. The van der Waals surface area contributed by atoms with Crippen molar-refractivity contribution >= 4 is 11.4 Å². The van der Waals surface area contributed by atoms with E-state index >= 15 is 0 Å². The molecule has 3 nitrogen and oxygen atoms in total. The molecular weight excluding hydrogens is 236 g/mol. The molecule has 0 unspecified atom stereocenters. The van der Waals surface area contributed by atoms with E-state index in [1.165, 1.54) is 0 Å². The summed E-state index contributed by atoms with van der Waals surface area (Å²) < 4.78 is 5.63. The molecule has 0 amide bonds. The van der Waals surface area contributed by atoms with E-state index in [1.54, 1.807) is 0 Å². The van der Waals surface area contributed by atoms with Crippen molar-refractivity contribution in [1.29, 1.82) is 0 Å². The van der Waals surface area contributed by atoms with Crippen LogP contribution in [0.1, 0.15) is 12.0 Å². The van der Waals surface area contributed by atoms with Gasteiger partial charge in [-0.1, -0.05) is 30.3 Å². The Hall–Kier alpha value is -2.16. The third kappa shape index (κ3) is 3.91. The Labute approximate surface area is 114 Å². The van der Waals surface area contributed by atoms with E-state index in [2.05, 4.69) is 5.32 Å². The van der Waals surface area contributed by atoms with Crippen molar-refractivity contribution in [3.05, 3.63) is 54.1 Å². The molecule has 0 atom stereocenters. The first-order valence-electron chi connectivity index (χ1n) is 6.54. The van der Waals surface area contributed by atoms with Gasteiger partial charge in [0.25, 0.3) is 0 Å². The van der Waals surface area contributed by atoms with Gasteiger partial charge >= 0.3 is 0 Å². The van der Waals surface area contributed by atoms with Gasteiger partial charge in [0.05, 0.1) is 18.0 Å². The van der Waals surface area contributed by atoms with Crippen molar-refractivity contribution < 1.29 is 4.74 Å². The van der Waals surface area contributed by atoms with Gasteiger partial charge in [0.15, 0.2) is 0 Å². The van der Waals surface area contributed by atoms with Crippen LogP contribution >= 0.6 is 0 Å². The van der Waals surface area contributed by atoms with Crippen LogP contribution in [-0.4, -0.2) is 13.2 Å². The molecule has 0 radical (unpaired) electrons. The third-order valence-corrected chi connectivity index (χ3v) is 2.97. The van der Waals surface area contributed by atoms with Crippen molar-refractivity contribution in [2.45, 2.75) is 13.3 Å². The molecular formula is C16H20N2O. The monoisotopic (exact) mass is 256 g/mol. The smallest absolute Gasteiger partial charge is 0.119 e. The number of rotatable bonds is 6. The summed E-state index contributed by atoms with van der Waals surface area (Å²) in [5, 5.41) is 3.34. The van der Waals surface area contributed by atoms with Crippen LogP contribution in [0.4, 0.5) is 11.4 Å². The minimum atomic E-state index is 0.697. The van der Waals surface area contributed by atoms with Gasteiger partial charge in [-0.15, -0.1) is 0 Å². The Balaban J connectivity index is 1.71. The van der Waals surface area contributed by atoms with Crippen molar-refractivity contribution in [2.24, 2.45) is 0 Å². The van der Waals surface area contributed by atoms with Gasteiger partial charge in [0, 0.05) is 6.54 Å². The molecule has 0 aliphatic carbocycles. The second-order valence-corrected chi connectivity index (χ2v) is 4.48. The predicted molar refractivity (Wildman–Crippen MR) is 80.6 cm³/mol. The number of hydrogen-bond donors (Lipinski definition) is 2. The Morgan fingerprint density at radius 3 is 2.63 bits per heavy atom. The topological polar surface area (TPSA) is 47.3 Å². The van der Waals surface area contributed by atoms with Crippen LogP contribution in [0, 0.1) is 6.92 Å². The van der Waals surface area contributed by atoms with E-state index in [0.29, 0.717) is 6.61 Å². The number of hydrogen-bond acceptors (Lipinski definition) is 3. The van der Waals surface area contributed by atoms with Crippen molar-refractivity contribution in [1.82, 2.24) is 0 Å². The third-order valence-electron chi connectivity index (χ3n) is 2.97. The molecule has 0 aromatic heterocycles. The second kappa shape index (κ2) is 6.69. The van der Waals surface area contributed by atoms with Crippen molar-refractivity contribution in [3.63, 3.8) is 0 Å². The minimum absolute atomic E-state index is 0.697. The highest BCUT2D eigenvalue weighted by atomic mass is 16.5. The Bertz CT molecular complexity index is 511. The molecule has 0 saturated carbocycles. The predicted octanol–water partition coefficient (Wildman–Crippen LogP) is 3.46. The van der Waals surface area contributed by atoms with Crippen LogP contribution in [0.15, 0.2) is 48.5 Å². The normalized spacial score (nSPS) is 10.2. The van der Waals surface area contributed by atoms with Gasteiger partial charge in [-0.3, -0.25) is 0 Å². The van der Waals surface area contributed by atoms with Crippen molar-refractivity contribution in [3.8, 4) is 5.75 Å². The maximum Gasteiger partial charge on any atom is 0.119 e. The van der Waals surface area contributed by atoms with Crippen LogP contribution in [0.2, 0.25) is 0 Å². The molecule has 3 heteroatoms. The average Bonchev–Trinajstić information content (AvgIpc) is 2.44. The summed E-state index contributed by atoms with van der Waals surface area (Å²) >= 11 is 0. The SMILES string of the molecule is Cc1cccc(NCCCOc2ccccc2)c1N. The lowest BCUT2D eigenvalue weighted by Crippen LogP contribution is -2.09. The van der Waals surface area contributed by atoms with Gasteiger partial charge in [-0.2, -0.15) is 0 Å². The first kappa shape index (κ1) is 13.3. The minimum Gasteiger partial charge on any atom is -0.494 e. The molecule has 0 aliphatic rings. The number of aryl methyl sites for hydroxylation is 1. The highest BCUT2D eigenvalue weighted by Crippen LogP contribution is 2.21. The largest absolute Gasteiger partial charge is 0.494 e. The fourth-order valence-electron chi connectivity index (χ4n) is 1.84. The number of benzene rings is 2. The zero-order valence-electron chi connectivity index (χ0n) is 11.2. The van der Waals surface area contributed by atoms with E-state index in [-0.39, 0.29) is 0 Å². The molecule has 19 heavy (non-hydrogen) atoms. The Kier molecular flexibility index (Phi) is 4.67. The molecule has 0 fully saturated rings. The van der Waals surface area contributed by atoms with Gasteiger partial charge in [-0.25, -0.2) is 0 Å². The van der Waals surface area contributed by atoms with E-state index < -0.39 is 0 Å². The van der Waals surface area contributed by atoms with E-state index in [4.69, 9.17) is 10.5 Å². The first-order chi connectivity index (χ1) is 9.27. The first-order valence-corrected chi connectivity index (χ1v) is 6.54. The Morgan fingerprint density at radius 1 is 1.05 bits per heavy atom. The van der Waals surface area contributed by atoms with Crippen LogP contribution in [0.3, 0.4) is 0 Å². The fourth-order valence-corrected chi connectivity index (χ4v) is 1.84. The fraction of sp³-hybridized carbons (Fsp3) is 0.250. The lowest BCUT2D eigenvalue weighted by molar-refractivity contribution is 0.315. The van der Waals surface area contributed by atoms with Gasteiger partial charge in [0.2, 0.25) is 0 Å². The van der Waals surface area contributed by atoms with E-state index in [0.717, 1.165) is 35.7 Å². The summed E-state index contributed by atoms with van der Waals surface area (Å²) in [5.74, 6) is 0.914. The molecule has 100 valence electrons. The molecule has 2 aromatic carbocycles. The molecule has 0 heterocycles. The molecule has 2 aromatic rings. The molecule has 3 N–H and O–H groups in total. The molecule has 0 bridgehead atoms. The molecule has 0 aliphatic heterocycles. The molecule has 2 rings (SSSR count). The van der Waals surface area contributed by atoms with Crippen LogP contribution in [0.5, 0.6) is 5.75 Å². The summed E-state index contributed by atoms with van der Waals surface area (Å²) in [6.45, 7) is 3.56. The van der Waals surface area contributed by atoms with Gasteiger partial charge < -0.3 is 15.8 Å². The van der Waals surface area contributed by atoms with Crippen LogP contribution in [-0.2, 0) is 0 Å². The average molecular weight is 256 g/mol. The summed E-state index contributed by atoms with van der Waals surface area (Å²) in [7, 11) is 0. The lowest BCUT2D eigenvalue weighted by atomic mass is 10.2. The van der Waals surface area contributed by atoms with Crippen molar-refractivity contribution in [2.75, 3.05) is 24.2 Å². The highest BCUT2D eigenvalue weighted by molar-refractivity contribution is 5.69.